The fourth-order valence-corrected chi connectivity index (χ4v) is 7.11. The topological polar surface area (TPSA) is 9.86 Å². The fraction of sp³-hybridized carbons (Fsp3) is 0.0244. The summed E-state index contributed by atoms with van der Waals surface area (Å²) in [6.45, 7) is 0. The molecular weight excluding hydrogens is 520 g/mol. The number of rotatable bonds is 3. The van der Waals surface area contributed by atoms with Crippen LogP contribution in [0.25, 0.3) is 82.3 Å². The van der Waals surface area contributed by atoms with E-state index in [1.165, 1.54) is 82.3 Å². The first-order chi connectivity index (χ1) is 21.3. The van der Waals surface area contributed by atoms with Gasteiger partial charge in [0.1, 0.15) is 0 Å². The van der Waals surface area contributed by atoms with Gasteiger partial charge in [0.25, 0.3) is 0 Å². The van der Waals surface area contributed by atoms with Crippen molar-refractivity contribution in [2.45, 2.75) is 0 Å². The van der Waals surface area contributed by atoms with E-state index in [-0.39, 0.29) is 0 Å². The van der Waals surface area contributed by atoms with Crippen LogP contribution in [0, 0.1) is 0 Å². The van der Waals surface area contributed by atoms with E-state index >= 15 is 0 Å². The van der Waals surface area contributed by atoms with Crippen LogP contribution in [0.1, 0.15) is 0 Å². The summed E-state index contributed by atoms with van der Waals surface area (Å²) in [5.41, 5.74) is 11.1. The fourth-order valence-electron chi connectivity index (χ4n) is 7.11. The third-order valence-electron chi connectivity index (χ3n) is 9.15. The van der Waals surface area contributed by atoms with Crippen molar-refractivity contribution in [1.29, 1.82) is 0 Å². The molecule has 0 saturated heterocycles. The van der Waals surface area contributed by atoms with Crippen molar-refractivity contribution in [1.82, 2.24) is 9.13 Å². The van der Waals surface area contributed by atoms with Gasteiger partial charge in [-0.15, -0.1) is 0 Å². The Morgan fingerprint density at radius 2 is 0.860 bits per heavy atom. The second-order valence-electron chi connectivity index (χ2n) is 11.4. The summed E-state index contributed by atoms with van der Waals surface area (Å²) in [6, 6.07) is 55.4. The van der Waals surface area contributed by atoms with Crippen LogP contribution in [0.4, 0.5) is 0 Å². The normalized spacial score (nSPS) is 11.8. The van der Waals surface area contributed by atoms with Crippen molar-refractivity contribution >= 4 is 54.4 Å². The SMILES string of the molecule is Cn1c2ccccc2c2cc(-c3ccc4c(c3)c3ccccc3n4-c3ccc(-c4ccccc4)c4ccccc34)ccc21. The maximum atomic E-state index is 2.44. The van der Waals surface area contributed by atoms with Crippen molar-refractivity contribution < 1.29 is 0 Å². The van der Waals surface area contributed by atoms with Crippen molar-refractivity contribution in [2.24, 2.45) is 7.05 Å². The van der Waals surface area contributed by atoms with Crippen molar-refractivity contribution in [3.63, 3.8) is 0 Å². The Hall–Kier alpha value is -5.60. The molecule has 9 rings (SSSR count). The summed E-state index contributed by atoms with van der Waals surface area (Å²) in [5.74, 6) is 0. The second kappa shape index (κ2) is 9.20. The van der Waals surface area contributed by atoms with Gasteiger partial charge in [0.05, 0.1) is 16.7 Å². The zero-order valence-corrected chi connectivity index (χ0v) is 23.8. The number of hydrogen-bond donors (Lipinski definition) is 0. The lowest BCUT2D eigenvalue weighted by Gasteiger charge is -2.15. The minimum Gasteiger partial charge on any atom is -0.344 e. The van der Waals surface area contributed by atoms with Crippen LogP contribution in [0.15, 0.2) is 152 Å². The van der Waals surface area contributed by atoms with E-state index in [4.69, 9.17) is 0 Å². The Balaban J connectivity index is 1.28. The number of para-hydroxylation sites is 2. The molecule has 2 heteroatoms. The molecule has 7 aromatic carbocycles. The summed E-state index contributed by atoms with van der Waals surface area (Å²) < 4.78 is 4.73. The Bertz CT molecular complexity index is 2510. The predicted molar refractivity (Wildman–Crippen MR) is 183 cm³/mol. The first-order valence-electron chi connectivity index (χ1n) is 14.8. The van der Waals surface area contributed by atoms with Gasteiger partial charge in [0.15, 0.2) is 0 Å². The average Bonchev–Trinajstić information content (AvgIpc) is 3.56. The summed E-state index contributed by atoms with van der Waals surface area (Å²) >= 11 is 0. The summed E-state index contributed by atoms with van der Waals surface area (Å²) in [6.07, 6.45) is 0. The predicted octanol–water partition coefficient (Wildman–Crippen LogP) is 10.9. The smallest absolute Gasteiger partial charge is 0.0541 e. The van der Waals surface area contributed by atoms with Crippen molar-refractivity contribution in [3.8, 4) is 27.9 Å². The molecule has 0 N–H and O–H groups in total. The molecule has 0 bridgehead atoms. The van der Waals surface area contributed by atoms with Crippen molar-refractivity contribution in [3.05, 3.63) is 152 Å². The number of nitrogens with zero attached hydrogens (tertiary/aromatic N) is 2. The van der Waals surface area contributed by atoms with Gasteiger partial charge in [-0.1, -0.05) is 109 Å². The van der Waals surface area contributed by atoms with Crippen LogP contribution < -0.4 is 0 Å². The Morgan fingerprint density at radius 3 is 1.60 bits per heavy atom. The van der Waals surface area contributed by atoms with E-state index in [2.05, 4.69) is 168 Å². The van der Waals surface area contributed by atoms with Gasteiger partial charge < -0.3 is 9.13 Å². The maximum Gasteiger partial charge on any atom is 0.0541 e. The summed E-state index contributed by atoms with van der Waals surface area (Å²) in [7, 11) is 2.15. The highest BCUT2D eigenvalue weighted by atomic mass is 15.0. The number of hydrogen-bond acceptors (Lipinski definition) is 0. The van der Waals surface area contributed by atoms with E-state index in [1.54, 1.807) is 0 Å². The third-order valence-corrected chi connectivity index (χ3v) is 9.15. The third kappa shape index (κ3) is 3.53. The van der Waals surface area contributed by atoms with Gasteiger partial charge in [-0.05, 0) is 70.1 Å². The highest BCUT2D eigenvalue weighted by Gasteiger charge is 2.17. The Labute approximate surface area is 249 Å². The lowest BCUT2D eigenvalue weighted by molar-refractivity contribution is 1.01. The van der Waals surface area contributed by atoms with Crippen LogP contribution in [-0.2, 0) is 7.05 Å². The molecule has 0 saturated carbocycles. The first kappa shape index (κ1) is 24.0. The summed E-state index contributed by atoms with van der Waals surface area (Å²) in [5, 5.41) is 7.63. The minimum absolute atomic E-state index is 1.20. The van der Waals surface area contributed by atoms with Crippen LogP contribution in [0.3, 0.4) is 0 Å². The van der Waals surface area contributed by atoms with Gasteiger partial charge in [-0.2, -0.15) is 0 Å². The molecule has 2 nitrogen and oxygen atoms in total. The van der Waals surface area contributed by atoms with Gasteiger partial charge in [-0.3, -0.25) is 0 Å². The molecule has 0 aliphatic carbocycles. The van der Waals surface area contributed by atoms with Gasteiger partial charge in [0.2, 0.25) is 0 Å². The average molecular weight is 549 g/mol. The molecular formula is C41H28N2. The molecule has 202 valence electrons. The monoisotopic (exact) mass is 548 g/mol. The zero-order valence-electron chi connectivity index (χ0n) is 23.8. The number of aromatic nitrogens is 2. The number of fused-ring (bicyclic) bond motifs is 7. The molecule has 0 fully saturated rings. The molecule has 0 atom stereocenters. The quantitative estimate of drug-likeness (QED) is 0.208. The van der Waals surface area contributed by atoms with Gasteiger partial charge in [0, 0.05) is 45.0 Å². The molecule has 2 heterocycles. The molecule has 0 radical (unpaired) electrons. The van der Waals surface area contributed by atoms with E-state index < -0.39 is 0 Å². The number of aryl methyl sites for hydroxylation is 1. The molecule has 0 aliphatic rings. The van der Waals surface area contributed by atoms with E-state index in [1.807, 2.05) is 0 Å². The molecule has 0 spiro atoms. The Kier molecular flexibility index (Phi) is 5.15. The largest absolute Gasteiger partial charge is 0.344 e. The molecule has 0 unspecified atom stereocenters. The van der Waals surface area contributed by atoms with E-state index in [0.717, 1.165) is 0 Å². The van der Waals surface area contributed by atoms with Crippen LogP contribution in [0.5, 0.6) is 0 Å². The van der Waals surface area contributed by atoms with Crippen LogP contribution >= 0.6 is 0 Å². The number of benzene rings is 7. The highest BCUT2D eigenvalue weighted by Crippen LogP contribution is 2.40. The molecule has 43 heavy (non-hydrogen) atoms. The van der Waals surface area contributed by atoms with Gasteiger partial charge >= 0.3 is 0 Å². The maximum absolute atomic E-state index is 2.44. The standard InChI is InChI=1S/C41H28N2/c1-42-37-17-9-7-15-33(37)35-25-28(19-22-38(35)42)29-20-23-41-36(26-29)34-16-8-10-18-39(34)43(41)40-24-21-30(27-11-3-2-4-12-27)31-13-5-6-14-32(31)40/h2-26H,1H3. The molecule has 9 aromatic rings. The molecule has 0 aliphatic heterocycles. The van der Waals surface area contributed by atoms with Crippen LogP contribution in [0.2, 0.25) is 0 Å². The van der Waals surface area contributed by atoms with Crippen molar-refractivity contribution in [2.75, 3.05) is 0 Å². The van der Waals surface area contributed by atoms with Gasteiger partial charge in [-0.25, -0.2) is 0 Å². The molecule has 0 amide bonds. The zero-order chi connectivity index (χ0) is 28.5. The summed E-state index contributed by atoms with van der Waals surface area (Å²) in [4.78, 5) is 0. The highest BCUT2D eigenvalue weighted by molar-refractivity contribution is 6.13. The second-order valence-corrected chi connectivity index (χ2v) is 11.4. The lowest BCUT2D eigenvalue weighted by Crippen LogP contribution is -1.96. The molecule has 2 aromatic heterocycles. The van der Waals surface area contributed by atoms with E-state index in [0.29, 0.717) is 0 Å². The Morgan fingerprint density at radius 1 is 0.349 bits per heavy atom. The van der Waals surface area contributed by atoms with Crippen LogP contribution in [-0.4, -0.2) is 9.13 Å². The minimum atomic E-state index is 1.20. The first-order valence-corrected chi connectivity index (χ1v) is 14.8. The lowest BCUT2D eigenvalue weighted by atomic mass is 9.97. The van der Waals surface area contributed by atoms with E-state index in [9.17, 15) is 0 Å².